The molecule has 0 unspecified atom stereocenters. The number of urea groups is 1. The van der Waals surface area contributed by atoms with Crippen molar-refractivity contribution in [3.63, 3.8) is 0 Å². The van der Waals surface area contributed by atoms with Crippen molar-refractivity contribution >= 4 is 36.4 Å². The molecule has 11 heavy (non-hydrogen) atoms. The number of carbonyl (C=O) groups is 1. The zero-order chi connectivity index (χ0) is 8.10. The number of hydrogen-bond donors (Lipinski definition) is 1. The number of amides is 2. The van der Waals surface area contributed by atoms with Crippen molar-refractivity contribution < 1.29 is 9.53 Å². The van der Waals surface area contributed by atoms with Crippen molar-refractivity contribution in [1.29, 1.82) is 0 Å². The van der Waals surface area contributed by atoms with Gasteiger partial charge in [0.2, 0.25) is 0 Å². The van der Waals surface area contributed by atoms with E-state index in [1.807, 2.05) is 21.2 Å². The molecule has 0 bridgehead atoms. The maximum absolute atomic E-state index is 11.1. The quantitative estimate of drug-likeness (QED) is 0.579. The van der Waals surface area contributed by atoms with E-state index in [-0.39, 0.29) is 6.03 Å². The molecule has 0 aromatic heterocycles. The molecule has 1 rings (SSSR count). The van der Waals surface area contributed by atoms with Crippen molar-refractivity contribution in [3.05, 3.63) is 0 Å². The predicted molar refractivity (Wildman–Crippen MR) is 52.5 cm³/mol. The molecule has 6 heteroatoms. The van der Waals surface area contributed by atoms with Crippen LogP contribution in [-0.4, -0.2) is 37.2 Å². The Labute approximate surface area is 81.7 Å². The van der Waals surface area contributed by atoms with Crippen molar-refractivity contribution in [2.75, 3.05) is 26.3 Å². The van der Waals surface area contributed by atoms with Gasteiger partial charge in [-0.05, 0) is 0 Å². The number of halogens is 1. The molecule has 4 nitrogen and oxygen atoms in total. The molecule has 1 saturated heterocycles. The molecular formula is C5H9IN2O2S. The van der Waals surface area contributed by atoms with E-state index in [2.05, 4.69) is 4.72 Å². The Kier molecular flexibility index (Phi) is 4.31. The van der Waals surface area contributed by atoms with Gasteiger partial charge in [-0.1, -0.05) is 0 Å². The molecule has 0 saturated carbocycles. The summed E-state index contributed by atoms with van der Waals surface area (Å²) in [6.07, 6.45) is 0. The maximum Gasteiger partial charge on any atom is 0.328 e. The van der Waals surface area contributed by atoms with Crippen LogP contribution in [0.4, 0.5) is 4.79 Å². The van der Waals surface area contributed by atoms with Crippen LogP contribution in [0, 0.1) is 0 Å². The SMILES string of the molecule is O=C(NSI)N1CCOCC1. The van der Waals surface area contributed by atoms with Crippen LogP contribution in [0.15, 0.2) is 0 Å². The summed E-state index contributed by atoms with van der Waals surface area (Å²) < 4.78 is 7.75. The minimum Gasteiger partial charge on any atom is -0.378 e. The van der Waals surface area contributed by atoms with Crippen LogP contribution < -0.4 is 4.72 Å². The molecule has 2 amide bonds. The number of nitrogens with one attached hydrogen (secondary N) is 1. The molecule has 1 N–H and O–H groups in total. The molecule has 1 aliphatic rings. The van der Waals surface area contributed by atoms with Crippen LogP contribution in [-0.2, 0) is 4.74 Å². The first kappa shape index (κ1) is 9.40. The number of hydrogen-bond acceptors (Lipinski definition) is 3. The summed E-state index contributed by atoms with van der Waals surface area (Å²) >= 11 is 2.03. The minimum atomic E-state index is -0.0206. The summed E-state index contributed by atoms with van der Waals surface area (Å²) in [5.41, 5.74) is 0. The molecule has 0 aromatic rings. The van der Waals surface area contributed by atoms with Gasteiger partial charge in [-0.3, -0.25) is 4.72 Å². The van der Waals surface area contributed by atoms with E-state index in [4.69, 9.17) is 4.74 Å². The Morgan fingerprint density at radius 2 is 2.18 bits per heavy atom. The van der Waals surface area contributed by atoms with E-state index in [1.54, 1.807) is 4.90 Å². The van der Waals surface area contributed by atoms with Gasteiger partial charge in [-0.25, -0.2) is 4.79 Å². The molecule has 0 aliphatic carbocycles. The van der Waals surface area contributed by atoms with E-state index >= 15 is 0 Å². The van der Waals surface area contributed by atoms with Crippen molar-refractivity contribution in [1.82, 2.24) is 9.62 Å². The third-order valence-corrected chi connectivity index (χ3v) is 2.34. The molecule has 1 fully saturated rings. The van der Waals surface area contributed by atoms with Crippen LogP contribution in [0.25, 0.3) is 0 Å². The molecule has 64 valence electrons. The monoisotopic (exact) mass is 288 g/mol. The van der Waals surface area contributed by atoms with Crippen LogP contribution in [0.3, 0.4) is 0 Å². The highest BCUT2D eigenvalue weighted by atomic mass is 127. The topological polar surface area (TPSA) is 41.6 Å². The summed E-state index contributed by atoms with van der Waals surface area (Å²) in [5, 5.41) is 0. The van der Waals surface area contributed by atoms with Crippen LogP contribution in [0.1, 0.15) is 0 Å². The molecule has 0 spiro atoms. The highest BCUT2D eigenvalue weighted by molar-refractivity contribution is 14.2. The summed E-state index contributed by atoms with van der Waals surface area (Å²) in [7, 11) is 1.29. The lowest BCUT2D eigenvalue weighted by molar-refractivity contribution is 0.0547. The zero-order valence-electron chi connectivity index (χ0n) is 5.88. The maximum atomic E-state index is 11.1. The average molecular weight is 288 g/mol. The highest BCUT2D eigenvalue weighted by Gasteiger charge is 2.15. The van der Waals surface area contributed by atoms with E-state index in [1.165, 1.54) is 9.12 Å². The highest BCUT2D eigenvalue weighted by Crippen LogP contribution is 2.06. The molecule has 0 radical (unpaired) electrons. The fourth-order valence-corrected chi connectivity index (χ4v) is 1.62. The van der Waals surface area contributed by atoms with Gasteiger partial charge in [0.05, 0.1) is 13.2 Å². The normalized spacial score (nSPS) is 18.1. The second-order valence-corrected chi connectivity index (χ2v) is 3.76. The van der Waals surface area contributed by atoms with Crippen LogP contribution >= 0.6 is 30.3 Å². The van der Waals surface area contributed by atoms with Crippen molar-refractivity contribution in [3.8, 4) is 0 Å². The van der Waals surface area contributed by atoms with Gasteiger partial charge in [0.15, 0.2) is 0 Å². The lowest BCUT2D eigenvalue weighted by Crippen LogP contribution is -2.44. The van der Waals surface area contributed by atoms with Gasteiger partial charge < -0.3 is 9.64 Å². The van der Waals surface area contributed by atoms with Gasteiger partial charge in [-0.15, -0.1) is 0 Å². The smallest absolute Gasteiger partial charge is 0.328 e. The Morgan fingerprint density at radius 3 is 2.73 bits per heavy atom. The fourth-order valence-electron chi connectivity index (χ4n) is 0.864. The first-order valence-corrected chi connectivity index (χ1v) is 6.61. The Morgan fingerprint density at radius 1 is 1.55 bits per heavy atom. The number of rotatable bonds is 1. The molecule has 1 aliphatic heterocycles. The predicted octanol–water partition coefficient (Wildman–Crippen LogP) is 1.03. The summed E-state index contributed by atoms with van der Waals surface area (Å²) in [4.78, 5) is 12.9. The first-order valence-electron chi connectivity index (χ1n) is 3.25. The zero-order valence-corrected chi connectivity index (χ0v) is 8.85. The van der Waals surface area contributed by atoms with Gasteiger partial charge >= 0.3 is 6.03 Å². The third-order valence-electron chi connectivity index (χ3n) is 1.42. The van der Waals surface area contributed by atoms with Gasteiger partial charge in [0.1, 0.15) is 0 Å². The Balaban J connectivity index is 2.27. The van der Waals surface area contributed by atoms with Crippen LogP contribution in [0.2, 0.25) is 0 Å². The molecule has 0 aromatic carbocycles. The number of ether oxygens (including phenoxy) is 1. The lowest BCUT2D eigenvalue weighted by atomic mass is 10.4. The average Bonchev–Trinajstić information content (AvgIpc) is 2.07. The lowest BCUT2D eigenvalue weighted by Gasteiger charge is -2.26. The summed E-state index contributed by atoms with van der Waals surface area (Å²) in [6.45, 7) is 2.70. The fraction of sp³-hybridized carbons (Fsp3) is 0.800. The molecule has 1 heterocycles. The second kappa shape index (κ2) is 5.04. The minimum absolute atomic E-state index is 0.0206. The third kappa shape index (κ3) is 3.04. The molecular weight excluding hydrogens is 279 g/mol. The summed E-state index contributed by atoms with van der Waals surface area (Å²) in [6, 6.07) is -0.0206. The van der Waals surface area contributed by atoms with E-state index in [0.717, 1.165) is 0 Å². The summed E-state index contributed by atoms with van der Waals surface area (Å²) in [5.74, 6) is 0. The Hall–Kier alpha value is 0.310. The Bertz CT molecular complexity index is 140. The molecule has 0 atom stereocenters. The second-order valence-electron chi connectivity index (χ2n) is 2.08. The number of nitrogens with zero attached hydrogens (tertiary/aromatic N) is 1. The van der Waals surface area contributed by atoms with Crippen LogP contribution in [0.5, 0.6) is 0 Å². The van der Waals surface area contributed by atoms with E-state index in [0.29, 0.717) is 26.3 Å². The number of carbonyl (C=O) groups excluding carboxylic acids is 1. The van der Waals surface area contributed by atoms with Crippen molar-refractivity contribution in [2.45, 2.75) is 0 Å². The first-order chi connectivity index (χ1) is 5.34. The standard InChI is InChI=1S/C5H9IN2O2S/c6-11-7-5(9)8-1-3-10-4-2-8/h1-4H2,(H,7,9). The van der Waals surface area contributed by atoms with E-state index < -0.39 is 0 Å². The number of morpholine rings is 1. The van der Waals surface area contributed by atoms with Gasteiger partial charge in [0, 0.05) is 43.4 Å². The van der Waals surface area contributed by atoms with Gasteiger partial charge in [0.25, 0.3) is 0 Å². The van der Waals surface area contributed by atoms with E-state index in [9.17, 15) is 4.79 Å². The van der Waals surface area contributed by atoms with Crippen molar-refractivity contribution in [2.24, 2.45) is 0 Å². The largest absolute Gasteiger partial charge is 0.378 e. The van der Waals surface area contributed by atoms with Gasteiger partial charge in [-0.2, -0.15) is 0 Å².